The summed E-state index contributed by atoms with van der Waals surface area (Å²) in [6.45, 7) is 5.65. The fourth-order valence-electron chi connectivity index (χ4n) is 3.45. The Balaban J connectivity index is 1.99. The largest absolute Gasteiger partial charge is 0.455 e. The number of hydrogen-bond donors (Lipinski definition) is 0. The van der Waals surface area contributed by atoms with Gasteiger partial charge < -0.3 is 4.42 Å². The van der Waals surface area contributed by atoms with E-state index in [0.29, 0.717) is 27.8 Å². The average molecular weight is 398 g/mol. The molecule has 0 aliphatic heterocycles. The first kappa shape index (κ1) is 19.6. The molecule has 0 amide bonds. The quantitative estimate of drug-likeness (QED) is 0.508. The Bertz CT molecular complexity index is 1360. The second-order valence-corrected chi connectivity index (χ2v) is 7.39. The number of pyridine rings is 1. The van der Waals surface area contributed by atoms with Gasteiger partial charge >= 0.3 is 0 Å². The first-order valence-electron chi connectivity index (χ1n) is 9.85. The highest BCUT2D eigenvalue weighted by atomic mass is 16.3. The van der Waals surface area contributed by atoms with Crippen LogP contribution in [0, 0.1) is 6.92 Å². The summed E-state index contributed by atoms with van der Waals surface area (Å²) in [6.07, 6.45) is 1.67. The van der Waals surface area contributed by atoms with Crippen molar-refractivity contribution in [2.45, 2.75) is 26.8 Å². The van der Waals surface area contributed by atoms with Gasteiger partial charge in [-0.05, 0) is 45.0 Å². The van der Waals surface area contributed by atoms with E-state index in [9.17, 15) is 9.59 Å². The molecule has 30 heavy (non-hydrogen) atoms. The maximum atomic E-state index is 13.4. The normalized spacial score (nSPS) is 11.9. The number of carbonyl (C=O) groups excluding carboxylic acids is 1. The third-order valence-corrected chi connectivity index (χ3v) is 4.86. The van der Waals surface area contributed by atoms with E-state index in [0.717, 1.165) is 5.56 Å². The van der Waals surface area contributed by atoms with Crippen LogP contribution in [0.3, 0.4) is 0 Å². The van der Waals surface area contributed by atoms with Crippen molar-refractivity contribution < 1.29 is 9.21 Å². The molecule has 0 atom stereocenters. The van der Waals surface area contributed by atoms with Gasteiger partial charge in [0, 0.05) is 23.4 Å². The van der Waals surface area contributed by atoms with Crippen LogP contribution in [0.15, 0.2) is 87.1 Å². The third kappa shape index (κ3) is 3.50. The van der Waals surface area contributed by atoms with Gasteiger partial charge in [-0.15, -0.1) is 0 Å². The van der Waals surface area contributed by atoms with Gasteiger partial charge in [-0.2, -0.15) is 0 Å². The molecule has 0 radical (unpaired) electrons. The Morgan fingerprint density at radius 1 is 0.967 bits per heavy atom. The van der Waals surface area contributed by atoms with Crippen molar-refractivity contribution >= 4 is 16.9 Å². The minimum Gasteiger partial charge on any atom is -0.455 e. The third-order valence-electron chi connectivity index (χ3n) is 4.86. The minimum atomic E-state index is -0.299. The van der Waals surface area contributed by atoms with Crippen LogP contribution in [0.5, 0.6) is 0 Å². The van der Waals surface area contributed by atoms with Crippen LogP contribution in [-0.2, 0) is 0 Å². The molecule has 2 aromatic carbocycles. The van der Waals surface area contributed by atoms with Gasteiger partial charge in [-0.3, -0.25) is 19.1 Å². The maximum absolute atomic E-state index is 13.4. The van der Waals surface area contributed by atoms with E-state index in [1.807, 2.05) is 50.2 Å². The number of fused-ring (bicyclic) bond motifs is 1. The first-order chi connectivity index (χ1) is 14.5. The fourth-order valence-corrected chi connectivity index (χ4v) is 3.45. The number of hydrogen-bond acceptors (Lipinski definition) is 4. The van der Waals surface area contributed by atoms with Gasteiger partial charge in [-0.1, -0.05) is 42.5 Å². The lowest BCUT2D eigenvalue weighted by atomic mass is 10.0. The van der Waals surface area contributed by atoms with Crippen molar-refractivity contribution in [1.82, 2.24) is 4.57 Å². The number of nitrogens with zero attached hydrogens (tertiary/aromatic N) is 2. The average Bonchev–Trinajstić information content (AvgIpc) is 2.76. The van der Waals surface area contributed by atoms with Crippen molar-refractivity contribution in [1.29, 1.82) is 0 Å². The number of benzene rings is 2. The molecule has 5 heteroatoms. The highest BCUT2D eigenvalue weighted by Gasteiger charge is 2.19. The van der Waals surface area contributed by atoms with Gasteiger partial charge in [0.25, 0.3) is 5.91 Å². The lowest BCUT2D eigenvalue weighted by molar-refractivity contribution is 0.0955. The molecular weight excluding hydrogens is 376 g/mol. The molecule has 2 aromatic heterocycles. The van der Waals surface area contributed by atoms with Crippen LogP contribution in [0.1, 0.15) is 29.8 Å². The maximum Gasteiger partial charge on any atom is 0.267 e. The Hall–Kier alpha value is -3.73. The Kier molecular flexibility index (Phi) is 5.19. The Morgan fingerprint density at radius 2 is 1.70 bits per heavy atom. The van der Waals surface area contributed by atoms with Gasteiger partial charge in [0.15, 0.2) is 11.0 Å². The van der Waals surface area contributed by atoms with Crippen LogP contribution in [-0.4, -0.2) is 16.5 Å². The summed E-state index contributed by atoms with van der Waals surface area (Å²) in [4.78, 5) is 31.0. The minimum absolute atomic E-state index is 0.0317. The summed E-state index contributed by atoms with van der Waals surface area (Å²) in [5, 5.41) is 0.386. The van der Waals surface area contributed by atoms with E-state index < -0.39 is 0 Å². The number of rotatable bonds is 3. The van der Waals surface area contributed by atoms with Crippen LogP contribution >= 0.6 is 0 Å². The molecule has 0 saturated carbocycles. The van der Waals surface area contributed by atoms with Gasteiger partial charge in [-0.25, -0.2) is 0 Å². The molecule has 0 bridgehead atoms. The summed E-state index contributed by atoms with van der Waals surface area (Å²) in [6, 6.07) is 19.9. The monoisotopic (exact) mass is 398 g/mol. The van der Waals surface area contributed by atoms with E-state index in [1.165, 1.54) is 4.57 Å². The second-order valence-electron chi connectivity index (χ2n) is 7.39. The van der Waals surface area contributed by atoms with Crippen LogP contribution in [0.2, 0.25) is 0 Å². The SMILES string of the molecule is Cc1c(-c2ccccc2)oc2c(C(=O)n3ccccc3=NC(C)C)cccc2c1=O. The first-order valence-corrected chi connectivity index (χ1v) is 9.85. The highest BCUT2D eigenvalue weighted by molar-refractivity contribution is 6.06. The molecule has 0 aliphatic carbocycles. The molecule has 0 fully saturated rings. The molecule has 0 spiro atoms. The lowest BCUT2D eigenvalue weighted by Crippen LogP contribution is -2.28. The zero-order chi connectivity index (χ0) is 21.3. The highest BCUT2D eigenvalue weighted by Crippen LogP contribution is 2.27. The molecule has 5 nitrogen and oxygen atoms in total. The van der Waals surface area contributed by atoms with Crippen LogP contribution in [0.25, 0.3) is 22.3 Å². The van der Waals surface area contributed by atoms with Crippen LogP contribution < -0.4 is 10.9 Å². The fraction of sp³-hybridized carbons (Fsp3) is 0.160. The van der Waals surface area contributed by atoms with E-state index in [-0.39, 0.29) is 23.0 Å². The summed E-state index contributed by atoms with van der Waals surface area (Å²) < 4.78 is 7.67. The molecule has 2 heterocycles. The molecule has 0 aliphatic rings. The number of para-hydroxylation sites is 1. The topological polar surface area (TPSA) is 64.6 Å². The zero-order valence-corrected chi connectivity index (χ0v) is 17.1. The Morgan fingerprint density at radius 3 is 2.43 bits per heavy atom. The smallest absolute Gasteiger partial charge is 0.267 e. The van der Waals surface area contributed by atoms with Crippen LogP contribution in [0.4, 0.5) is 0 Å². The summed E-state index contributed by atoms with van der Waals surface area (Å²) in [7, 11) is 0. The molecule has 4 aromatic rings. The predicted octanol–water partition coefficient (Wildman–Crippen LogP) is 4.57. The number of aromatic nitrogens is 1. The van der Waals surface area contributed by atoms with Gasteiger partial charge in [0.2, 0.25) is 0 Å². The van der Waals surface area contributed by atoms with Crippen molar-refractivity contribution in [2.75, 3.05) is 0 Å². The van der Waals surface area contributed by atoms with Crippen molar-refractivity contribution in [3.8, 4) is 11.3 Å². The van der Waals surface area contributed by atoms with Crippen molar-refractivity contribution in [2.24, 2.45) is 4.99 Å². The molecule has 150 valence electrons. The van der Waals surface area contributed by atoms with E-state index >= 15 is 0 Å². The van der Waals surface area contributed by atoms with E-state index in [4.69, 9.17) is 4.42 Å². The van der Waals surface area contributed by atoms with E-state index in [1.54, 1.807) is 43.5 Å². The van der Waals surface area contributed by atoms with Gasteiger partial charge in [0.1, 0.15) is 11.2 Å². The molecule has 0 unspecified atom stereocenters. The van der Waals surface area contributed by atoms with Gasteiger partial charge in [0.05, 0.1) is 10.9 Å². The number of carbonyl (C=O) groups is 1. The standard InChI is InChI=1S/C25H22N2O3/c1-16(2)26-21-14-7-8-15-27(21)25(29)20-13-9-12-19-22(28)17(3)23(30-24(19)20)18-10-5-4-6-11-18/h4-16H,1-3H3. The lowest BCUT2D eigenvalue weighted by Gasteiger charge is -2.11. The zero-order valence-electron chi connectivity index (χ0n) is 17.1. The van der Waals surface area contributed by atoms with Crippen molar-refractivity contribution in [3.05, 3.63) is 99.8 Å². The Labute approximate surface area is 174 Å². The summed E-state index contributed by atoms with van der Waals surface area (Å²) in [5.74, 6) is 0.171. The van der Waals surface area contributed by atoms with E-state index in [2.05, 4.69) is 4.99 Å². The summed E-state index contributed by atoms with van der Waals surface area (Å²) in [5.41, 5.74) is 2.31. The molecule has 4 rings (SSSR count). The molecule has 0 saturated heterocycles. The molecule has 0 N–H and O–H groups in total. The summed E-state index contributed by atoms with van der Waals surface area (Å²) >= 11 is 0. The van der Waals surface area contributed by atoms with Crippen molar-refractivity contribution in [3.63, 3.8) is 0 Å². The molecular formula is C25H22N2O3. The predicted molar refractivity (Wildman–Crippen MR) is 118 cm³/mol. The second kappa shape index (κ2) is 7.95.